The molecule has 0 aliphatic heterocycles. The van der Waals surface area contributed by atoms with Gasteiger partial charge in [0.05, 0.1) is 0 Å². The zero-order valence-electron chi connectivity index (χ0n) is 3.85. The van der Waals surface area contributed by atoms with Crippen LogP contribution in [0, 0.1) is 11.8 Å². The number of rotatable bonds is 1. The van der Waals surface area contributed by atoms with Crippen LogP contribution < -0.4 is 0 Å². The Morgan fingerprint density at radius 2 is 2.33 bits per heavy atom. The number of hydrogen-bond acceptors (Lipinski definition) is 1. The highest BCUT2D eigenvalue weighted by atomic mass is 16.1. The van der Waals surface area contributed by atoms with E-state index >= 15 is 0 Å². The molecule has 1 aliphatic rings. The Labute approximate surface area is 37.4 Å². The molecule has 2 unspecified atom stereocenters. The lowest BCUT2D eigenvalue weighted by molar-refractivity contribution is -0.109. The summed E-state index contributed by atoms with van der Waals surface area (Å²) in [5, 5.41) is 0. The van der Waals surface area contributed by atoms with Crippen molar-refractivity contribution in [2.24, 2.45) is 11.8 Å². The second-order valence-electron chi connectivity index (χ2n) is 2.01. The fraction of sp³-hybridized carbons (Fsp3) is 0.800. The summed E-state index contributed by atoms with van der Waals surface area (Å²) in [4.78, 5) is 9.78. The van der Waals surface area contributed by atoms with Gasteiger partial charge in [-0.15, -0.1) is 0 Å². The first-order valence-corrected chi connectivity index (χ1v) is 2.30. The van der Waals surface area contributed by atoms with Crippen molar-refractivity contribution < 1.29 is 4.79 Å². The first kappa shape index (κ1) is 3.85. The van der Waals surface area contributed by atoms with E-state index in [1.165, 1.54) is 0 Å². The zero-order chi connectivity index (χ0) is 4.57. The van der Waals surface area contributed by atoms with E-state index in [4.69, 9.17) is 0 Å². The minimum Gasteiger partial charge on any atom is -0.303 e. The topological polar surface area (TPSA) is 17.1 Å². The van der Waals surface area contributed by atoms with E-state index < -0.39 is 0 Å². The summed E-state index contributed by atoms with van der Waals surface area (Å²) in [5.41, 5.74) is 0. The van der Waals surface area contributed by atoms with Crippen molar-refractivity contribution in [3.05, 3.63) is 0 Å². The lowest BCUT2D eigenvalue weighted by atomic mass is 10.4. The van der Waals surface area contributed by atoms with Crippen molar-refractivity contribution >= 4 is 6.29 Å². The summed E-state index contributed by atoms with van der Waals surface area (Å²) in [6.45, 7) is 2.10. The van der Waals surface area contributed by atoms with Gasteiger partial charge in [-0.3, -0.25) is 0 Å². The number of hydrogen-bond donors (Lipinski definition) is 0. The Morgan fingerprint density at radius 3 is 2.33 bits per heavy atom. The second-order valence-corrected chi connectivity index (χ2v) is 2.01. The Kier molecular flexibility index (Phi) is 0.685. The molecule has 0 amide bonds. The molecular weight excluding hydrogens is 76.1 g/mol. The molecule has 0 radical (unpaired) electrons. The Bertz CT molecular complexity index is 68.3. The first-order chi connectivity index (χ1) is 2.84. The normalized spacial score (nSPS) is 42.2. The fourth-order valence-corrected chi connectivity index (χ4v) is 0.540. The molecule has 1 rings (SSSR count). The average Bonchev–Trinajstić information content (AvgIpc) is 2.19. The van der Waals surface area contributed by atoms with Gasteiger partial charge in [-0.25, -0.2) is 0 Å². The molecule has 0 aromatic carbocycles. The quantitative estimate of drug-likeness (QED) is 0.430. The van der Waals surface area contributed by atoms with E-state index in [9.17, 15) is 4.79 Å². The largest absolute Gasteiger partial charge is 0.303 e. The van der Waals surface area contributed by atoms with Crippen molar-refractivity contribution in [3.8, 4) is 0 Å². The molecule has 0 heterocycles. The molecule has 2 atom stereocenters. The van der Waals surface area contributed by atoms with E-state index in [2.05, 4.69) is 6.92 Å². The summed E-state index contributed by atoms with van der Waals surface area (Å²) < 4.78 is 0. The molecular formula is C5H8O. The van der Waals surface area contributed by atoms with Gasteiger partial charge < -0.3 is 4.79 Å². The third-order valence-corrected chi connectivity index (χ3v) is 1.35. The van der Waals surface area contributed by atoms with Crippen LogP contribution in [0.25, 0.3) is 0 Å². The molecule has 1 heteroatoms. The van der Waals surface area contributed by atoms with E-state index in [0.717, 1.165) is 12.7 Å². The van der Waals surface area contributed by atoms with Crippen molar-refractivity contribution in [2.75, 3.05) is 0 Å². The van der Waals surface area contributed by atoms with Crippen molar-refractivity contribution in [1.82, 2.24) is 0 Å². The summed E-state index contributed by atoms with van der Waals surface area (Å²) in [6, 6.07) is 0. The monoisotopic (exact) mass is 84.1 g/mol. The maximum absolute atomic E-state index is 9.78. The van der Waals surface area contributed by atoms with Crippen LogP contribution >= 0.6 is 0 Å². The molecule has 0 aromatic rings. The molecule has 0 saturated heterocycles. The van der Waals surface area contributed by atoms with E-state index in [0.29, 0.717) is 11.8 Å². The van der Waals surface area contributed by atoms with Gasteiger partial charge in [-0.2, -0.15) is 0 Å². The van der Waals surface area contributed by atoms with E-state index in [1.54, 1.807) is 0 Å². The third kappa shape index (κ3) is 0.445. The van der Waals surface area contributed by atoms with Gasteiger partial charge in [0.25, 0.3) is 0 Å². The molecule has 1 nitrogen and oxygen atoms in total. The number of carbonyl (C=O) groups excluding carboxylic acids is 1. The molecule has 1 fully saturated rings. The van der Waals surface area contributed by atoms with Gasteiger partial charge >= 0.3 is 0 Å². The van der Waals surface area contributed by atoms with Crippen LogP contribution in [-0.2, 0) is 4.79 Å². The number of carbonyl (C=O) groups is 1. The zero-order valence-corrected chi connectivity index (χ0v) is 3.85. The standard InChI is InChI=1S/C5H8O/c1-4-2-5(4)3-6/h3-5H,2H2,1H3. The van der Waals surface area contributed by atoms with Gasteiger partial charge in [0.15, 0.2) is 0 Å². The number of aldehydes is 1. The van der Waals surface area contributed by atoms with Crippen LogP contribution in [0.1, 0.15) is 13.3 Å². The second kappa shape index (κ2) is 1.07. The van der Waals surface area contributed by atoms with Crippen LogP contribution in [-0.4, -0.2) is 6.29 Å². The fourth-order valence-electron chi connectivity index (χ4n) is 0.540. The van der Waals surface area contributed by atoms with Crippen LogP contribution in [0.3, 0.4) is 0 Å². The molecule has 1 aliphatic carbocycles. The molecule has 34 valence electrons. The Balaban J connectivity index is 2.25. The highest BCUT2D eigenvalue weighted by molar-refractivity contribution is 5.57. The van der Waals surface area contributed by atoms with Crippen molar-refractivity contribution in [2.45, 2.75) is 13.3 Å². The minimum absolute atomic E-state index is 0.421. The van der Waals surface area contributed by atoms with Gasteiger partial charge in [-0.1, -0.05) is 6.92 Å². The van der Waals surface area contributed by atoms with Crippen LogP contribution in [0.5, 0.6) is 0 Å². The third-order valence-electron chi connectivity index (χ3n) is 1.35. The Hall–Kier alpha value is -0.330. The van der Waals surface area contributed by atoms with Gasteiger partial charge in [0, 0.05) is 5.92 Å². The maximum Gasteiger partial charge on any atom is 0.123 e. The summed E-state index contributed by atoms with van der Waals surface area (Å²) in [7, 11) is 0. The lowest BCUT2D eigenvalue weighted by Gasteiger charge is -1.67. The summed E-state index contributed by atoms with van der Waals surface area (Å²) in [6.07, 6.45) is 2.17. The van der Waals surface area contributed by atoms with Crippen molar-refractivity contribution in [3.63, 3.8) is 0 Å². The predicted molar refractivity (Wildman–Crippen MR) is 23.3 cm³/mol. The maximum atomic E-state index is 9.78. The average molecular weight is 84.1 g/mol. The Morgan fingerprint density at radius 1 is 1.83 bits per heavy atom. The van der Waals surface area contributed by atoms with Crippen LogP contribution in [0.2, 0.25) is 0 Å². The molecule has 1 saturated carbocycles. The molecule has 6 heavy (non-hydrogen) atoms. The van der Waals surface area contributed by atoms with Gasteiger partial charge in [0.2, 0.25) is 0 Å². The highest BCUT2D eigenvalue weighted by Crippen LogP contribution is 2.34. The van der Waals surface area contributed by atoms with E-state index in [-0.39, 0.29) is 0 Å². The SMILES string of the molecule is CC1CC1C=O. The molecule has 0 spiro atoms. The molecule has 0 bridgehead atoms. The first-order valence-electron chi connectivity index (χ1n) is 2.30. The predicted octanol–water partition coefficient (Wildman–Crippen LogP) is 0.841. The van der Waals surface area contributed by atoms with Gasteiger partial charge in [0.1, 0.15) is 6.29 Å². The van der Waals surface area contributed by atoms with Crippen molar-refractivity contribution in [1.29, 1.82) is 0 Å². The van der Waals surface area contributed by atoms with Crippen LogP contribution in [0.15, 0.2) is 0 Å². The van der Waals surface area contributed by atoms with E-state index in [1.807, 2.05) is 0 Å². The summed E-state index contributed by atoms with van der Waals surface area (Å²) in [5.74, 6) is 1.12. The molecule has 0 aromatic heterocycles. The molecule has 0 N–H and O–H groups in total. The van der Waals surface area contributed by atoms with Gasteiger partial charge in [-0.05, 0) is 12.3 Å². The smallest absolute Gasteiger partial charge is 0.123 e. The highest BCUT2D eigenvalue weighted by Gasteiger charge is 2.31. The summed E-state index contributed by atoms with van der Waals surface area (Å²) >= 11 is 0. The minimum atomic E-state index is 0.421. The van der Waals surface area contributed by atoms with Crippen LogP contribution in [0.4, 0.5) is 0 Å². The lowest BCUT2D eigenvalue weighted by Crippen LogP contribution is -1.73.